The highest BCUT2D eigenvalue weighted by molar-refractivity contribution is 7.90. The van der Waals surface area contributed by atoms with Crippen molar-refractivity contribution < 1.29 is 26.0 Å². The second-order valence-corrected chi connectivity index (χ2v) is 10.2. The lowest BCUT2D eigenvalue weighted by Gasteiger charge is -2.33. The molecular weight excluding hydrogens is 485 g/mol. The molecule has 0 atom stereocenters. The summed E-state index contributed by atoms with van der Waals surface area (Å²) >= 11 is 0. The molecule has 184 valence electrons. The molecule has 0 unspecified atom stereocenters. The van der Waals surface area contributed by atoms with Gasteiger partial charge in [-0.25, -0.2) is 22.5 Å². The minimum atomic E-state index is -3.73. The van der Waals surface area contributed by atoms with Crippen LogP contribution in [0.2, 0.25) is 0 Å². The molecule has 1 N–H and O–H groups in total. The van der Waals surface area contributed by atoms with Crippen molar-refractivity contribution in [2.45, 2.75) is 31.1 Å². The fraction of sp³-hybridized carbons (Fsp3) is 0.318. The lowest BCUT2D eigenvalue weighted by Crippen LogP contribution is -2.43. The van der Waals surface area contributed by atoms with Crippen molar-refractivity contribution in [3.05, 3.63) is 66.1 Å². The van der Waals surface area contributed by atoms with E-state index in [4.69, 9.17) is 4.42 Å². The largest absolute Gasteiger partial charge is 0.414 e. The van der Waals surface area contributed by atoms with Crippen molar-refractivity contribution in [2.75, 3.05) is 18.0 Å². The average Bonchev–Trinajstić information content (AvgIpc) is 3.47. The van der Waals surface area contributed by atoms with Crippen LogP contribution in [0, 0.1) is 5.82 Å². The second kappa shape index (κ2) is 9.30. The molecule has 0 aliphatic carbocycles. The minimum Gasteiger partial charge on any atom is -0.414 e. The number of piperidine rings is 1. The molecule has 35 heavy (non-hydrogen) atoms. The molecule has 0 saturated carbocycles. The quantitative estimate of drug-likeness (QED) is 0.409. The Bertz CT molecular complexity index is 1450. The molecule has 5 rings (SSSR count). The maximum Gasteiger partial charge on any atom is 0.314 e. The molecule has 1 aromatic carbocycles. The number of alkyl halides is 2. The van der Waals surface area contributed by atoms with Gasteiger partial charge in [-0.15, -0.1) is 10.2 Å². The van der Waals surface area contributed by atoms with E-state index in [-0.39, 0.29) is 29.6 Å². The average molecular weight is 507 g/mol. The van der Waals surface area contributed by atoms with Crippen molar-refractivity contribution in [1.82, 2.24) is 24.3 Å². The van der Waals surface area contributed by atoms with E-state index in [1.54, 1.807) is 40.9 Å². The summed E-state index contributed by atoms with van der Waals surface area (Å²) < 4.78 is 74.8. The smallest absolute Gasteiger partial charge is 0.314 e. The van der Waals surface area contributed by atoms with Gasteiger partial charge in [-0.1, -0.05) is 12.1 Å². The lowest BCUT2D eigenvalue weighted by molar-refractivity contribution is 0.116. The third-order valence-electron chi connectivity index (χ3n) is 5.93. The van der Waals surface area contributed by atoms with E-state index in [1.165, 1.54) is 12.1 Å². The van der Waals surface area contributed by atoms with E-state index in [9.17, 15) is 21.6 Å². The van der Waals surface area contributed by atoms with Crippen molar-refractivity contribution in [3.63, 3.8) is 0 Å². The van der Waals surface area contributed by atoms with Crippen LogP contribution >= 0.6 is 0 Å². The highest BCUT2D eigenvalue weighted by atomic mass is 32.2. The first kappa shape index (κ1) is 23.3. The fourth-order valence-corrected chi connectivity index (χ4v) is 5.60. The Kier molecular flexibility index (Phi) is 6.19. The van der Waals surface area contributed by atoms with Gasteiger partial charge in [-0.3, -0.25) is 4.40 Å². The van der Waals surface area contributed by atoms with Gasteiger partial charge < -0.3 is 9.32 Å². The first-order valence-corrected chi connectivity index (χ1v) is 12.4. The highest BCUT2D eigenvalue weighted by Crippen LogP contribution is 2.28. The summed E-state index contributed by atoms with van der Waals surface area (Å²) in [5, 5.41) is 6.43. The summed E-state index contributed by atoms with van der Waals surface area (Å²) in [5.74, 6) is -1.36. The topological polar surface area (TPSA) is 106 Å². The number of nitrogens with zero attached hydrogens (tertiary/aromatic N) is 5. The number of fused-ring (bicyclic) bond motifs is 1. The first-order valence-electron chi connectivity index (χ1n) is 10.9. The van der Waals surface area contributed by atoms with Gasteiger partial charge in [-0.05, 0) is 43.2 Å². The second-order valence-electron chi connectivity index (χ2n) is 8.11. The normalized spacial score (nSPS) is 15.4. The lowest BCUT2D eigenvalue weighted by atomic mass is 10.1. The SMILES string of the molecule is O=S(=O)(NCc1nc2ccccn2c1-c1nnc(C(F)F)o1)C1CCN(c2cccc(F)c2)CC1. The zero-order chi connectivity index (χ0) is 24.6. The summed E-state index contributed by atoms with van der Waals surface area (Å²) in [7, 11) is -3.73. The molecule has 0 radical (unpaired) electrons. The molecule has 4 heterocycles. The van der Waals surface area contributed by atoms with E-state index >= 15 is 0 Å². The molecule has 4 aromatic rings. The van der Waals surface area contributed by atoms with E-state index in [0.29, 0.717) is 37.3 Å². The van der Waals surface area contributed by atoms with Gasteiger partial charge in [0.1, 0.15) is 17.2 Å². The highest BCUT2D eigenvalue weighted by Gasteiger charge is 2.31. The Morgan fingerprint density at radius 2 is 1.91 bits per heavy atom. The minimum absolute atomic E-state index is 0.184. The van der Waals surface area contributed by atoms with Crippen LogP contribution in [0.3, 0.4) is 0 Å². The molecule has 0 spiro atoms. The van der Waals surface area contributed by atoms with Gasteiger partial charge in [-0.2, -0.15) is 8.78 Å². The number of anilines is 1. The van der Waals surface area contributed by atoms with Gasteiger partial charge in [0.05, 0.1) is 17.5 Å². The number of nitrogens with one attached hydrogen (secondary N) is 1. The zero-order valence-corrected chi connectivity index (χ0v) is 19.1. The Balaban J connectivity index is 1.33. The number of halogens is 3. The van der Waals surface area contributed by atoms with Crippen LogP contribution in [0.1, 0.15) is 30.9 Å². The molecule has 1 aliphatic heterocycles. The summed E-state index contributed by atoms with van der Waals surface area (Å²) in [6.45, 7) is 0.746. The number of hydrogen-bond donors (Lipinski definition) is 1. The molecule has 0 amide bonds. The Hall–Kier alpha value is -3.45. The molecule has 3 aromatic heterocycles. The predicted octanol–water partition coefficient (Wildman–Crippen LogP) is 3.55. The van der Waals surface area contributed by atoms with Crippen LogP contribution in [0.5, 0.6) is 0 Å². The van der Waals surface area contributed by atoms with Crippen LogP contribution in [0.4, 0.5) is 18.9 Å². The van der Waals surface area contributed by atoms with Crippen molar-refractivity contribution in [3.8, 4) is 11.6 Å². The predicted molar refractivity (Wildman–Crippen MR) is 121 cm³/mol. The van der Waals surface area contributed by atoms with Gasteiger partial charge in [0, 0.05) is 25.0 Å². The number of hydrogen-bond acceptors (Lipinski definition) is 7. The maximum atomic E-state index is 13.5. The van der Waals surface area contributed by atoms with E-state index < -0.39 is 27.6 Å². The summed E-state index contributed by atoms with van der Waals surface area (Å²) in [6, 6.07) is 11.3. The van der Waals surface area contributed by atoms with Crippen LogP contribution in [0.25, 0.3) is 17.2 Å². The molecule has 1 fully saturated rings. The van der Waals surface area contributed by atoms with Gasteiger partial charge in [0.2, 0.25) is 10.0 Å². The number of sulfonamides is 1. The van der Waals surface area contributed by atoms with Gasteiger partial charge >= 0.3 is 6.43 Å². The standard InChI is InChI=1S/C22H21F3N6O3S/c23-14-4-3-5-15(12-14)30-10-7-16(8-11-30)35(32,33)26-13-17-19(21-28-29-22(34-21)20(24)25)31-9-2-1-6-18(31)27-17/h1-6,9,12,16,20,26H,7-8,10-11,13H2. The molecule has 1 saturated heterocycles. The number of aromatic nitrogens is 4. The first-order chi connectivity index (χ1) is 16.8. The van der Waals surface area contributed by atoms with Crippen molar-refractivity contribution >= 4 is 21.4 Å². The Labute approximate surface area is 198 Å². The van der Waals surface area contributed by atoms with Gasteiger partial charge in [0.15, 0.2) is 0 Å². The van der Waals surface area contributed by atoms with Crippen LogP contribution in [-0.4, -0.2) is 46.3 Å². The third kappa shape index (κ3) is 4.73. The zero-order valence-electron chi connectivity index (χ0n) is 18.3. The molecule has 9 nitrogen and oxygen atoms in total. The summed E-state index contributed by atoms with van der Waals surface area (Å²) in [6.07, 6.45) is -0.559. The number of pyridine rings is 1. The molecular formula is C22H21F3N6O3S. The molecule has 0 bridgehead atoms. The third-order valence-corrected chi connectivity index (χ3v) is 7.82. The monoisotopic (exact) mass is 506 g/mol. The van der Waals surface area contributed by atoms with Crippen molar-refractivity contribution in [1.29, 1.82) is 0 Å². The van der Waals surface area contributed by atoms with E-state index in [2.05, 4.69) is 19.9 Å². The molecule has 13 heteroatoms. The Morgan fingerprint density at radius 3 is 2.63 bits per heavy atom. The van der Waals surface area contributed by atoms with Crippen LogP contribution < -0.4 is 9.62 Å². The molecule has 1 aliphatic rings. The van der Waals surface area contributed by atoms with Crippen LogP contribution in [0.15, 0.2) is 53.1 Å². The summed E-state index contributed by atoms with van der Waals surface area (Å²) in [5.41, 5.74) is 1.69. The van der Waals surface area contributed by atoms with E-state index in [0.717, 1.165) is 0 Å². The van der Waals surface area contributed by atoms with Gasteiger partial charge in [0.25, 0.3) is 11.8 Å². The van der Waals surface area contributed by atoms with Crippen LogP contribution in [-0.2, 0) is 16.6 Å². The fourth-order valence-electron chi connectivity index (χ4n) is 4.20. The van der Waals surface area contributed by atoms with Crippen molar-refractivity contribution in [2.24, 2.45) is 0 Å². The maximum absolute atomic E-state index is 13.5. The Morgan fingerprint density at radius 1 is 1.11 bits per heavy atom. The number of imidazole rings is 1. The van der Waals surface area contributed by atoms with E-state index in [1.807, 2.05) is 4.90 Å². The number of rotatable bonds is 7. The summed E-state index contributed by atoms with van der Waals surface area (Å²) in [4.78, 5) is 6.38. The number of benzene rings is 1.